The van der Waals surface area contributed by atoms with Crippen molar-refractivity contribution < 1.29 is 108 Å². The molecule has 75 heavy (non-hydrogen) atoms. The third-order valence-corrected chi connectivity index (χ3v) is 16.8. The summed E-state index contributed by atoms with van der Waals surface area (Å²) in [6.07, 6.45) is -15.8. The van der Waals surface area contributed by atoms with Crippen LogP contribution < -0.4 is 32.9 Å². The molecule has 410 valence electrons. The van der Waals surface area contributed by atoms with E-state index in [0.717, 1.165) is 35.2 Å². The van der Waals surface area contributed by atoms with Crippen molar-refractivity contribution in [3.63, 3.8) is 0 Å². The van der Waals surface area contributed by atoms with Crippen molar-refractivity contribution in [3.8, 4) is 0 Å². The zero-order chi connectivity index (χ0) is 54.3. The summed E-state index contributed by atoms with van der Waals surface area (Å²) in [4.78, 5) is 95.6. The van der Waals surface area contributed by atoms with E-state index >= 15 is 0 Å². The smallest absolute Gasteiger partial charge is 0.387 e. The largest absolute Gasteiger partial charge is 0.490 e. The lowest BCUT2D eigenvalue weighted by Crippen LogP contribution is -2.46. The van der Waals surface area contributed by atoms with Gasteiger partial charge in [0.25, 0.3) is 17.1 Å². The highest BCUT2D eigenvalue weighted by Gasteiger charge is 2.54. The molecule has 9 rings (SSSR count). The highest BCUT2D eigenvalue weighted by molar-refractivity contribution is 7.66. The molecule has 0 amide bonds. The summed E-state index contributed by atoms with van der Waals surface area (Å²) in [5, 5.41) is 43.2. The third kappa shape index (κ3) is 10.9. The molecular formula is C32H44N15O24P4+. The number of hydrogen-bond donors (Lipinski definition) is 13. The summed E-state index contributed by atoms with van der Waals surface area (Å²) in [5.41, 5.74) is 15.4. The fraction of sp³-hybridized carbons (Fsp3) is 0.531. The first-order chi connectivity index (χ1) is 35.2. The van der Waals surface area contributed by atoms with Gasteiger partial charge < -0.3 is 76.1 Å². The molecule has 16 atom stereocenters. The van der Waals surface area contributed by atoms with E-state index in [2.05, 4.69) is 53.0 Å². The first-order valence-electron chi connectivity index (χ1n) is 21.2. The number of aryl methyl sites for hydroxylation is 1. The lowest BCUT2D eigenvalue weighted by molar-refractivity contribution is -0.745. The molecule has 0 saturated carbocycles. The van der Waals surface area contributed by atoms with Crippen LogP contribution in [0.15, 0.2) is 34.9 Å². The van der Waals surface area contributed by atoms with Crippen molar-refractivity contribution in [2.75, 3.05) is 44.1 Å². The zero-order valence-electron chi connectivity index (χ0n) is 38.0. The Hall–Kier alpha value is -5.15. The van der Waals surface area contributed by atoms with Gasteiger partial charge in [-0.15, -0.1) is 0 Å². The molecule has 6 aromatic rings. The van der Waals surface area contributed by atoms with Crippen molar-refractivity contribution in [1.82, 2.24) is 53.6 Å². The second-order valence-electron chi connectivity index (χ2n) is 16.5. The molecule has 3 saturated heterocycles. The number of nitrogens with zero attached hydrogens (tertiary/aromatic N) is 10. The van der Waals surface area contributed by atoms with E-state index < -0.39 is 136 Å². The quantitative estimate of drug-likeness (QED) is 0.0268. The summed E-state index contributed by atoms with van der Waals surface area (Å²) >= 11 is 0. The van der Waals surface area contributed by atoms with Crippen LogP contribution in [0.25, 0.3) is 33.5 Å². The number of aliphatic hydroxyl groups excluding tert-OH is 4. The lowest BCUT2D eigenvalue weighted by atomic mass is 10.1. The average molecular weight is 1150 g/mol. The number of nitrogens with one attached hydrogen (secondary N) is 2. The molecule has 43 heteroatoms. The van der Waals surface area contributed by atoms with Gasteiger partial charge in [0.2, 0.25) is 17.7 Å². The number of nitrogen functional groups attached to an aromatic ring is 3. The number of methoxy groups -OCH3 is 1. The summed E-state index contributed by atoms with van der Waals surface area (Å²) < 4.78 is 109. The van der Waals surface area contributed by atoms with Gasteiger partial charge in [0, 0.05) is 7.11 Å². The summed E-state index contributed by atoms with van der Waals surface area (Å²) in [6.45, 7) is -3.40. The molecular weight excluding hydrogens is 1100 g/mol. The maximum absolute atomic E-state index is 13.7. The molecule has 0 aliphatic carbocycles. The Morgan fingerprint density at radius 1 is 0.667 bits per heavy atom. The molecule has 0 aromatic carbocycles. The number of phosphoric acid groups is 4. The van der Waals surface area contributed by atoms with Crippen molar-refractivity contribution in [1.29, 1.82) is 0 Å². The second-order valence-corrected chi connectivity index (χ2v) is 22.5. The molecule has 3 aliphatic rings. The van der Waals surface area contributed by atoms with E-state index in [1.807, 2.05) is 0 Å². The molecule has 5 unspecified atom stereocenters. The average Bonchev–Trinajstić information content (AvgIpc) is 4.17. The molecule has 16 N–H and O–H groups in total. The molecule has 6 aromatic heterocycles. The summed E-state index contributed by atoms with van der Waals surface area (Å²) in [7, 11) is -20.9. The topological polar surface area (TPSA) is 562 Å². The van der Waals surface area contributed by atoms with Crippen LogP contribution in [0, 0.1) is 0 Å². The number of aliphatic hydroxyl groups is 4. The molecule has 0 bridgehead atoms. The van der Waals surface area contributed by atoms with Gasteiger partial charge in [0.05, 0.1) is 39.5 Å². The van der Waals surface area contributed by atoms with Crippen LogP contribution in [0.1, 0.15) is 18.7 Å². The van der Waals surface area contributed by atoms with Gasteiger partial charge in [-0.05, 0) is 0 Å². The highest BCUT2D eigenvalue weighted by Crippen LogP contribution is 2.68. The van der Waals surface area contributed by atoms with Gasteiger partial charge in [0.15, 0.2) is 41.4 Å². The van der Waals surface area contributed by atoms with Gasteiger partial charge in [0.1, 0.15) is 66.8 Å². The van der Waals surface area contributed by atoms with Crippen molar-refractivity contribution in [2.24, 2.45) is 7.05 Å². The first-order valence-corrected chi connectivity index (χ1v) is 27.1. The lowest BCUT2D eigenvalue weighted by Gasteiger charge is -2.26. The number of ether oxygens (including phenoxy) is 4. The molecule has 3 fully saturated rings. The van der Waals surface area contributed by atoms with Crippen LogP contribution in [-0.2, 0) is 71.0 Å². The van der Waals surface area contributed by atoms with E-state index in [1.54, 1.807) is 0 Å². The maximum Gasteiger partial charge on any atom is 0.490 e. The molecule has 9 heterocycles. The fourth-order valence-electron chi connectivity index (χ4n) is 8.29. The van der Waals surface area contributed by atoms with E-state index in [-0.39, 0.29) is 51.2 Å². The summed E-state index contributed by atoms with van der Waals surface area (Å²) in [6, 6.07) is 0. The number of hydrogen-bond acceptors (Lipinski definition) is 29. The van der Waals surface area contributed by atoms with E-state index in [9.17, 15) is 67.8 Å². The van der Waals surface area contributed by atoms with Crippen LogP contribution in [0.4, 0.5) is 17.7 Å². The second kappa shape index (κ2) is 20.3. The number of rotatable bonds is 19. The Morgan fingerprint density at radius 2 is 1.23 bits per heavy atom. The number of H-pyrrole nitrogens is 2. The molecule has 3 aliphatic heterocycles. The minimum absolute atomic E-state index is 0.00606. The van der Waals surface area contributed by atoms with Crippen LogP contribution >= 0.6 is 31.3 Å². The fourth-order valence-corrected chi connectivity index (χ4v) is 12.8. The van der Waals surface area contributed by atoms with Crippen molar-refractivity contribution in [3.05, 3.63) is 46.0 Å². The van der Waals surface area contributed by atoms with Crippen LogP contribution in [-0.4, -0.2) is 175 Å². The number of phosphoric ester groups is 3. The molecule has 0 radical (unpaired) electrons. The minimum atomic E-state index is -6.20. The number of nitrogens with two attached hydrogens (primary N) is 3. The van der Waals surface area contributed by atoms with Crippen LogP contribution in [0.5, 0.6) is 0 Å². The predicted octanol–water partition coefficient (Wildman–Crippen LogP) is -4.71. The Balaban J connectivity index is 0.862. The monoisotopic (exact) mass is 1150 g/mol. The number of aromatic nitrogens is 12. The number of imidazole rings is 3. The molecule has 39 nitrogen and oxygen atoms in total. The summed E-state index contributed by atoms with van der Waals surface area (Å²) in [5.74, 6) is -0.716. The van der Waals surface area contributed by atoms with E-state index in [1.165, 1.54) is 22.5 Å². The Labute approximate surface area is 414 Å². The van der Waals surface area contributed by atoms with E-state index in [4.69, 9.17) is 49.7 Å². The zero-order valence-corrected chi connectivity index (χ0v) is 41.5. The van der Waals surface area contributed by atoms with Gasteiger partial charge in [-0.25, -0.2) is 42.8 Å². The maximum atomic E-state index is 13.7. The number of fused-ring (bicyclic) bond motifs is 3. The van der Waals surface area contributed by atoms with E-state index in [0.29, 0.717) is 0 Å². The Morgan fingerprint density at radius 3 is 1.89 bits per heavy atom. The normalized spacial score (nSPS) is 30.5. The first kappa shape index (κ1) is 54.6. The van der Waals surface area contributed by atoms with Crippen LogP contribution in [0.3, 0.4) is 0 Å². The number of aromatic amines is 2. The minimum Gasteiger partial charge on any atom is -0.387 e. The SMILES string of the molecule is CO[C@@H]1[C@H](OP(=O)(O)OC[C@H]2O[C@@H](n3cnc4c(=O)[nH]c(N)nc43)[C@H](O)[C@@H]2O)[C@@H](COP(=O)(O)OP(=O)(O)OP(=O)(O)OC[C@H]2OC([n+]3cn(C)c4c(=O)[nH]c(N)nc43)[C@H](O)[C@@H]2O)O[C@H]1n1cnc2c(N)ncnc21. The van der Waals surface area contributed by atoms with Gasteiger partial charge in [-0.2, -0.15) is 13.6 Å². The highest BCUT2D eigenvalue weighted by atomic mass is 31.3. The van der Waals surface area contributed by atoms with Crippen molar-refractivity contribution >= 4 is 82.5 Å². The van der Waals surface area contributed by atoms with Crippen molar-refractivity contribution in [2.45, 2.75) is 73.6 Å². The third-order valence-electron chi connectivity index (χ3n) is 11.6. The molecule has 0 spiro atoms. The van der Waals surface area contributed by atoms with Gasteiger partial charge >= 0.3 is 36.9 Å². The van der Waals surface area contributed by atoms with Crippen LogP contribution in [0.2, 0.25) is 0 Å². The Kier molecular flexibility index (Phi) is 14.8. The standard InChI is InChI=1S/C32H43N15O24P4/c1-44-9-47(25-15(44)27(53)43-32(35)41-25)29-19(51)17(49)11(67-29)4-64-73(56,57)70-75(60,61)71-74(58,59)65-5-12-20(21(62-2)30(68-12)45-7-38-13-22(33)36-6-37-23(13)45)69-72(54,55)63-3-10-16(48)18(50)28(66-10)46-8-39-14-24(46)40-31(34)42-26(14)52/h6-12,16-21,28-30,48-51H,3-5H2,1-2H3,(H11-,33,34,35,36,37,40,41,42,43,52,53,54,55,56,57,58,59,60,61)/p+1/t10-,11-,12-,16-,17-,18-,19-,20-,21-,28-,29?,30-/m1/s1. The number of anilines is 3. The van der Waals surface area contributed by atoms with Gasteiger partial charge in [-0.1, -0.05) is 4.98 Å². The predicted molar refractivity (Wildman–Crippen MR) is 239 cm³/mol. The van der Waals surface area contributed by atoms with Gasteiger partial charge in [-0.3, -0.25) is 51.4 Å². The Bertz CT molecular complexity index is 3470.